The molecule has 3 aromatic carbocycles. The molecule has 0 bridgehead atoms. The number of hydrogen-bond acceptors (Lipinski definition) is 5. The number of carbonyl (C=O) groups excluding carboxylic acids is 2. The Morgan fingerprint density at radius 2 is 1.67 bits per heavy atom. The second kappa shape index (κ2) is 14.7. The molecule has 224 valence electrons. The number of carbonyl (C=O) groups is 2. The summed E-state index contributed by atoms with van der Waals surface area (Å²) in [7, 11) is 3.09. The Labute approximate surface area is 255 Å². The van der Waals surface area contributed by atoms with E-state index in [2.05, 4.69) is 28.1 Å². The highest BCUT2D eigenvalue weighted by molar-refractivity contribution is 6.30. The quantitative estimate of drug-likeness (QED) is 0.267. The first-order valence-corrected chi connectivity index (χ1v) is 15.1. The zero-order chi connectivity index (χ0) is 30.2. The van der Waals surface area contributed by atoms with Crippen molar-refractivity contribution in [1.29, 1.82) is 0 Å². The van der Waals surface area contributed by atoms with Crippen molar-refractivity contribution in [3.63, 3.8) is 0 Å². The first-order chi connectivity index (χ1) is 20.2. The predicted octanol–water partition coefficient (Wildman–Crippen LogP) is 6.27. The summed E-state index contributed by atoms with van der Waals surface area (Å²) in [5, 5.41) is 5.09. The first-order valence-electron chi connectivity index (χ1n) is 14.7. The summed E-state index contributed by atoms with van der Waals surface area (Å²) in [4.78, 5) is 35.4. The van der Waals surface area contributed by atoms with E-state index in [9.17, 15) is 9.59 Å². The average Bonchev–Trinajstić information content (AvgIpc) is 2.99. The van der Waals surface area contributed by atoms with E-state index in [1.165, 1.54) is 12.2 Å². The number of amides is 2. The van der Waals surface area contributed by atoms with Crippen LogP contribution in [0.1, 0.15) is 63.6 Å². The van der Waals surface area contributed by atoms with Crippen LogP contribution in [0.15, 0.2) is 66.7 Å². The van der Waals surface area contributed by atoms with E-state index in [0.29, 0.717) is 24.2 Å². The number of rotatable bonds is 11. The third-order valence-electron chi connectivity index (χ3n) is 8.37. The molecule has 1 atom stereocenters. The molecule has 0 radical (unpaired) electrons. The van der Waals surface area contributed by atoms with E-state index in [4.69, 9.17) is 16.4 Å². The topological polar surface area (TPSA) is 65.1 Å². The second-order valence-corrected chi connectivity index (χ2v) is 11.7. The van der Waals surface area contributed by atoms with Gasteiger partial charge in [0.2, 0.25) is 0 Å². The Morgan fingerprint density at radius 3 is 2.29 bits per heavy atom. The zero-order valence-corrected chi connectivity index (χ0v) is 26.2. The Hall–Kier alpha value is -3.39. The number of benzene rings is 3. The molecule has 4 rings (SSSR count). The van der Waals surface area contributed by atoms with Crippen molar-refractivity contribution in [2.24, 2.45) is 0 Å². The summed E-state index contributed by atoms with van der Waals surface area (Å²) in [5.41, 5.74) is 5.61. The van der Waals surface area contributed by atoms with Gasteiger partial charge in [-0.1, -0.05) is 41.9 Å². The molecule has 7 nitrogen and oxygen atoms in total. The van der Waals surface area contributed by atoms with E-state index >= 15 is 0 Å². The molecule has 3 aromatic rings. The summed E-state index contributed by atoms with van der Waals surface area (Å²) >= 11 is 6.32. The van der Waals surface area contributed by atoms with Gasteiger partial charge < -0.3 is 15.1 Å². The van der Waals surface area contributed by atoms with Crippen molar-refractivity contribution in [2.45, 2.75) is 58.7 Å². The molecule has 1 fully saturated rings. The predicted molar refractivity (Wildman–Crippen MR) is 170 cm³/mol. The molecule has 8 heteroatoms. The van der Waals surface area contributed by atoms with Crippen LogP contribution >= 0.6 is 11.6 Å². The molecule has 0 saturated carbocycles. The maximum Gasteiger partial charge on any atom is 0.277 e. The molecule has 2 amide bonds. The minimum absolute atomic E-state index is 0.00903. The fourth-order valence-electron chi connectivity index (χ4n) is 5.80. The molecule has 1 saturated heterocycles. The van der Waals surface area contributed by atoms with Crippen molar-refractivity contribution in [3.8, 4) is 0 Å². The van der Waals surface area contributed by atoms with Crippen LogP contribution in [0.3, 0.4) is 0 Å². The van der Waals surface area contributed by atoms with Gasteiger partial charge >= 0.3 is 0 Å². The Bertz CT molecular complexity index is 1330. The van der Waals surface area contributed by atoms with Crippen LogP contribution in [0.5, 0.6) is 0 Å². The van der Waals surface area contributed by atoms with Crippen molar-refractivity contribution in [1.82, 2.24) is 15.3 Å². The molecule has 0 spiro atoms. The molecule has 1 heterocycles. The van der Waals surface area contributed by atoms with E-state index in [1.807, 2.05) is 74.5 Å². The number of piperidine rings is 1. The largest absolute Gasteiger partial charge is 0.364 e. The zero-order valence-electron chi connectivity index (χ0n) is 25.4. The van der Waals surface area contributed by atoms with Gasteiger partial charge in [0.1, 0.15) is 0 Å². The first kappa shape index (κ1) is 31.5. The minimum atomic E-state index is -0.182. The lowest BCUT2D eigenvalue weighted by atomic mass is 9.99. The average molecular weight is 591 g/mol. The molecule has 0 aromatic heterocycles. The number of nitrogens with zero attached hydrogens (tertiary/aromatic N) is 3. The van der Waals surface area contributed by atoms with Gasteiger partial charge in [0.05, 0.1) is 7.11 Å². The van der Waals surface area contributed by atoms with Crippen molar-refractivity contribution in [2.75, 3.05) is 38.7 Å². The third-order valence-corrected chi connectivity index (χ3v) is 8.60. The molecule has 1 aliphatic heterocycles. The van der Waals surface area contributed by atoms with Gasteiger partial charge in [-0.3, -0.25) is 14.4 Å². The van der Waals surface area contributed by atoms with Crippen molar-refractivity contribution in [3.05, 3.63) is 99.6 Å². The fraction of sp³-hybridized carbons (Fsp3) is 0.412. The fourth-order valence-corrected chi connectivity index (χ4v) is 6.01. The van der Waals surface area contributed by atoms with Crippen LogP contribution < -0.4 is 10.2 Å². The third kappa shape index (κ3) is 7.91. The number of likely N-dealkylation sites (tertiary alicyclic amines) is 1. The van der Waals surface area contributed by atoms with Crippen LogP contribution in [-0.2, 0) is 11.4 Å². The molecular formula is C34H43ClN4O3. The molecule has 1 aliphatic rings. The number of hydrogen-bond donors (Lipinski definition) is 1. The standard InChI is InChI=1S/C34H43ClN4O3/c1-24-8-6-9-25(2)32(24)33(40)36-19-16-26(3)38-20-17-31(18-21-38)39(23-27-10-7-11-29(35)22-27)30-14-12-28(13-15-30)34(41)37(4)42-5/h6-15,22,26,31H,16-21,23H2,1-5H3,(H,36,40). The number of nitrogens with one attached hydrogen (secondary N) is 1. The molecule has 1 N–H and O–H groups in total. The minimum Gasteiger partial charge on any atom is -0.364 e. The Morgan fingerprint density at radius 1 is 1.02 bits per heavy atom. The molecule has 1 unspecified atom stereocenters. The van der Waals surface area contributed by atoms with Crippen LogP contribution in [0.2, 0.25) is 5.02 Å². The maximum atomic E-state index is 12.8. The lowest BCUT2D eigenvalue weighted by Gasteiger charge is -2.42. The summed E-state index contributed by atoms with van der Waals surface area (Å²) < 4.78 is 0. The van der Waals surface area contributed by atoms with Gasteiger partial charge in [0.15, 0.2) is 0 Å². The SMILES string of the molecule is CON(C)C(=O)c1ccc(N(Cc2cccc(Cl)c2)C2CCN(C(C)CCNC(=O)c3c(C)cccc3C)CC2)cc1. The molecule has 0 aliphatic carbocycles. The summed E-state index contributed by atoms with van der Waals surface area (Å²) in [6.07, 6.45) is 2.94. The van der Waals surface area contributed by atoms with Gasteiger partial charge in [-0.05, 0) is 93.1 Å². The normalized spacial score (nSPS) is 14.8. The van der Waals surface area contributed by atoms with E-state index in [1.54, 1.807) is 7.05 Å². The lowest BCUT2D eigenvalue weighted by molar-refractivity contribution is -0.0756. The monoisotopic (exact) mass is 590 g/mol. The highest BCUT2D eigenvalue weighted by atomic mass is 35.5. The van der Waals surface area contributed by atoms with Crippen LogP contribution in [-0.4, -0.2) is 67.7 Å². The number of hydroxylamine groups is 2. The summed E-state index contributed by atoms with van der Waals surface area (Å²) in [5.74, 6) is -0.173. The second-order valence-electron chi connectivity index (χ2n) is 11.2. The van der Waals surface area contributed by atoms with Crippen LogP contribution in [0, 0.1) is 13.8 Å². The van der Waals surface area contributed by atoms with Gasteiger partial charge in [-0.25, -0.2) is 5.06 Å². The van der Waals surface area contributed by atoms with Gasteiger partial charge in [-0.15, -0.1) is 0 Å². The van der Waals surface area contributed by atoms with E-state index in [0.717, 1.165) is 71.9 Å². The molecule has 42 heavy (non-hydrogen) atoms. The van der Waals surface area contributed by atoms with Gasteiger partial charge in [0, 0.05) is 67.1 Å². The highest BCUT2D eigenvalue weighted by Gasteiger charge is 2.28. The van der Waals surface area contributed by atoms with Crippen molar-refractivity contribution >= 4 is 29.1 Å². The summed E-state index contributed by atoms with van der Waals surface area (Å²) in [6.45, 7) is 9.57. The van der Waals surface area contributed by atoms with Crippen LogP contribution in [0.25, 0.3) is 0 Å². The van der Waals surface area contributed by atoms with Crippen LogP contribution in [0.4, 0.5) is 5.69 Å². The highest BCUT2D eigenvalue weighted by Crippen LogP contribution is 2.28. The van der Waals surface area contributed by atoms with Gasteiger partial charge in [0.25, 0.3) is 11.8 Å². The number of aryl methyl sites for hydroxylation is 2. The maximum absolute atomic E-state index is 12.8. The van der Waals surface area contributed by atoms with Crippen molar-refractivity contribution < 1.29 is 14.4 Å². The van der Waals surface area contributed by atoms with Gasteiger partial charge in [-0.2, -0.15) is 0 Å². The molecular weight excluding hydrogens is 548 g/mol. The lowest BCUT2D eigenvalue weighted by Crippen LogP contribution is -2.48. The summed E-state index contributed by atoms with van der Waals surface area (Å²) in [6, 6.07) is 22.5. The number of anilines is 1. The Kier molecular flexibility index (Phi) is 11.0. The van der Waals surface area contributed by atoms with E-state index < -0.39 is 0 Å². The Balaban J connectivity index is 1.38. The number of halogens is 1. The van der Waals surface area contributed by atoms with E-state index in [-0.39, 0.29) is 11.8 Å². The smallest absolute Gasteiger partial charge is 0.277 e.